The molecule has 0 radical (unpaired) electrons. The second-order valence-electron chi connectivity index (χ2n) is 4.51. The molecule has 0 aliphatic carbocycles. The van der Waals surface area contributed by atoms with Crippen molar-refractivity contribution in [3.8, 4) is 11.5 Å². The number of aryl methyl sites for hydroxylation is 1. The van der Waals surface area contributed by atoms with Gasteiger partial charge >= 0.3 is 0 Å². The van der Waals surface area contributed by atoms with Crippen molar-refractivity contribution in [2.24, 2.45) is 4.99 Å². The number of halogens is 1. The van der Waals surface area contributed by atoms with Crippen LogP contribution in [0.1, 0.15) is 11.1 Å². The van der Waals surface area contributed by atoms with Gasteiger partial charge in [-0.25, -0.2) is 0 Å². The Morgan fingerprint density at radius 2 is 2.10 bits per heavy atom. The number of nitrogens with zero attached hydrogens (tertiary/aromatic N) is 1. The van der Waals surface area contributed by atoms with Crippen LogP contribution in [0.4, 0.5) is 5.69 Å². The highest BCUT2D eigenvalue weighted by molar-refractivity contribution is 6.30. The zero-order valence-electron chi connectivity index (χ0n) is 11.7. The standard InChI is InChI=1S/C17H16ClNO2/c1-3-8-21-15-7-5-13(17(20)10-15)11-19-16-9-14(18)6-4-12(16)2/h3-7,9-11,20H,1,8H2,2H3. The second kappa shape index (κ2) is 6.95. The van der Waals surface area contributed by atoms with Crippen LogP contribution >= 0.6 is 11.6 Å². The molecule has 2 rings (SSSR count). The van der Waals surface area contributed by atoms with Crippen molar-refractivity contribution in [2.45, 2.75) is 6.92 Å². The van der Waals surface area contributed by atoms with Crippen LogP contribution in [0.15, 0.2) is 54.0 Å². The molecule has 0 aromatic heterocycles. The molecule has 0 bridgehead atoms. The molecule has 3 nitrogen and oxygen atoms in total. The van der Waals surface area contributed by atoms with E-state index < -0.39 is 0 Å². The highest BCUT2D eigenvalue weighted by Crippen LogP contribution is 2.25. The van der Waals surface area contributed by atoms with E-state index in [2.05, 4.69) is 11.6 Å². The largest absolute Gasteiger partial charge is 0.507 e. The summed E-state index contributed by atoms with van der Waals surface area (Å²) in [6, 6.07) is 10.6. The van der Waals surface area contributed by atoms with E-state index in [4.69, 9.17) is 16.3 Å². The molecule has 4 heteroatoms. The van der Waals surface area contributed by atoms with Gasteiger partial charge in [0.15, 0.2) is 0 Å². The van der Waals surface area contributed by atoms with Crippen LogP contribution in [0, 0.1) is 6.92 Å². The molecule has 0 aliphatic rings. The van der Waals surface area contributed by atoms with Gasteiger partial charge in [0.1, 0.15) is 18.1 Å². The summed E-state index contributed by atoms with van der Waals surface area (Å²) in [5.74, 6) is 0.698. The van der Waals surface area contributed by atoms with E-state index in [1.165, 1.54) is 0 Å². The first-order valence-corrected chi connectivity index (χ1v) is 6.85. The summed E-state index contributed by atoms with van der Waals surface area (Å²) in [5, 5.41) is 10.6. The van der Waals surface area contributed by atoms with Crippen LogP contribution in [0.2, 0.25) is 5.02 Å². The first-order valence-electron chi connectivity index (χ1n) is 6.47. The van der Waals surface area contributed by atoms with Gasteiger partial charge in [-0.2, -0.15) is 0 Å². The molecule has 0 spiro atoms. The first kappa shape index (κ1) is 15.1. The first-order chi connectivity index (χ1) is 10.1. The summed E-state index contributed by atoms with van der Waals surface area (Å²) < 4.78 is 5.35. The molecule has 108 valence electrons. The Hall–Kier alpha value is -2.26. The van der Waals surface area contributed by atoms with Gasteiger partial charge in [-0.05, 0) is 36.8 Å². The van der Waals surface area contributed by atoms with E-state index in [1.54, 1.807) is 36.6 Å². The van der Waals surface area contributed by atoms with Crippen molar-refractivity contribution >= 4 is 23.5 Å². The zero-order chi connectivity index (χ0) is 15.2. The van der Waals surface area contributed by atoms with Gasteiger partial charge in [-0.3, -0.25) is 4.99 Å². The lowest BCUT2D eigenvalue weighted by molar-refractivity contribution is 0.360. The number of aliphatic imine (C=N–C) groups is 1. The fourth-order valence-electron chi connectivity index (χ4n) is 1.74. The van der Waals surface area contributed by atoms with Crippen LogP contribution in [-0.2, 0) is 0 Å². The number of rotatable bonds is 5. The number of phenols is 1. The van der Waals surface area contributed by atoms with Crippen LogP contribution in [0.3, 0.4) is 0 Å². The summed E-state index contributed by atoms with van der Waals surface area (Å²) in [6.45, 7) is 5.93. The van der Waals surface area contributed by atoms with Gasteiger partial charge in [-0.15, -0.1) is 0 Å². The molecule has 21 heavy (non-hydrogen) atoms. The van der Waals surface area contributed by atoms with Gasteiger partial charge in [-0.1, -0.05) is 30.3 Å². The average Bonchev–Trinajstić information content (AvgIpc) is 2.47. The Labute approximate surface area is 129 Å². The molecular weight excluding hydrogens is 286 g/mol. The van der Waals surface area contributed by atoms with Crippen LogP contribution in [0.25, 0.3) is 0 Å². The van der Waals surface area contributed by atoms with Crippen molar-refractivity contribution < 1.29 is 9.84 Å². The molecule has 0 fully saturated rings. The minimum atomic E-state index is 0.111. The maximum absolute atomic E-state index is 9.97. The minimum Gasteiger partial charge on any atom is -0.507 e. The second-order valence-corrected chi connectivity index (χ2v) is 4.95. The fraction of sp³-hybridized carbons (Fsp3) is 0.118. The fourth-order valence-corrected chi connectivity index (χ4v) is 1.90. The van der Waals surface area contributed by atoms with Crippen LogP contribution in [0.5, 0.6) is 11.5 Å². The quantitative estimate of drug-likeness (QED) is 0.644. The molecule has 0 saturated heterocycles. The molecule has 0 amide bonds. The molecule has 0 saturated carbocycles. The molecule has 0 atom stereocenters. The Kier molecular flexibility index (Phi) is 5.01. The van der Waals surface area contributed by atoms with E-state index in [-0.39, 0.29) is 5.75 Å². The summed E-state index contributed by atoms with van der Waals surface area (Å²) in [4.78, 5) is 4.36. The van der Waals surface area contributed by atoms with Gasteiger partial charge in [0.25, 0.3) is 0 Å². The molecule has 0 heterocycles. The van der Waals surface area contributed by atoms with Crippen molar-refractivity contribution in [1.82, 2.24) is 0 Å². The highest BCUT2D eigenvalue weighted by atomic mass is 35.5. The van der Waals surface area contributed by atoms with Crippen LogP contribution < -0.4 is 4.74 Å². The van der Waals surface area contributed by atoms with Crippen molar-refractivity contribution in [2.75, 3.05) is 6.61 Å². The number of hydrogen-bond acceptors (Lipinski definition) is 3. The SMILES string of the molecule is C=CCOc1ccc(C=Nc2cc(Cl)ccc2C)c(O)c1. The van der Waals surface area contributed by atoms with Gasteiger partial charge < -0.3 is 9.84 Å². The minimum absolute atomic E-state index is 0.111. The molecule has 2 aromatic rings. The Balaban J connectivity index is 2.21. The number of hydrogen-bond donors (Lipinski definition) is 1. The van der Waals surface area contributed by atoms with Crippen molar-refractivity contribution in [3.63, 3.8) is 0 Å². The number of ether oxygens (including phenoxy) is 1. The molecular formula is C17H16ClNO2. The average molecular weight is 302 g/mol. The van der Waals surface area contributed by atoms with Crippen molar-refractivity contribution in [3.05, 3.63) is 65.2 Å². The monoisotopic (exact) mass is 301 g/mol. The van der Waals surface area contributed by atoms with E-state index in [9.17, 15) is 5.11 Å². The van der Waals surface area contributed by atoms with E-state index in [0.717, 1.165) is 11.3 Å². The predicted octanol–water partition coefficient (Wildman–Crippen LogP) is 4.67. The summed E-state index contributed by atoms with van der Waals surface area (Å²) in [7, 11) is 0. The highest BCUT2D eigenvalue weighted by Gasteiger charge is 2.02. The van der Waals surface area contributed by atoms with E-state index in [0.29, 0.717) is 22.9 Å². The third-order valence-corrected chi connectivity index (χ3v) is 3.12. The maximum atomic E-state index is 9.97. The third kappa shape index (κ3) is 4.10. The van der Waals surface area contributed by atoms with E-state index in [1.807, 2.05) is 19.1 Å². The molecule has 0 aliphatic heterocycles. The number of benzene rings is 2. The lowest BCUT2D eigenvalue weighted by atomic mass is 10.2. The molecule has 1 N–H and O–H groups in total. The van der Waals surface area contributed by atoms with E-state index >= 15 is 0 Å². The number of phenolic OH excluding ortho intramolecular Hbond substituents is 1. The van der Waals surface area contributed by atoms with Crippen molar-refractivity contribution in [1.29, 1.82) is 0 Å². The molecule has 2 aromatic carbocycles. The summed E-state index contributed by atoms with van der Waals surface area (Å²) in [6.07, 6.45) is 3.25. The smallest absolute Gasteiger partial charge is 0.128 e. The maximum Gasteiger partial charge on any atom is 0.128 e. The third-order valence-electron chi connectivity index (χ3n) is 2.88. The zero-order valence-corrected chi connectivity index (χ0v) is 12.5. The van der Waals surface area contributed by atoms with Crippen LogP contribution in [-0.4, -0.2) is 17.9 Å². The van der Waals surface area contributed by atoms with Gasteiger partial charge in [0.2, 0.25) is 0 Å². The lowest BCUT2D eigenvalue weighted by Crippen LogP contribution is -1.93. The normalized spacial score (nSPS) is 10.8. The summed E-state index contributed by atoms with van der Waals surface area (Å²) in [5.41, 5.74) is 2.40. The Bertz CT molecular complexity index is 680. The topological polar surface area (TPSA) is 41.8 Å². The van der Waals surface area contributed by atoms with Gasteiger partial charge in [0.05, 0.1) is 5.69 Å². The van der Waals surface area contributed by atoms with Gasteiger partial charge in [0, 0.05) is 22.9 Å². The lowest BCUT2D eigenvalue weighted by Gasteiger charge is -2.05. The Morgan fingerprint density at radius 1 is 1.29 bits per heavy atom. The predicted molar refractivity (Wildman–Crippen MR) is 87.2 cm³/mol. The summed E-state index contributed by atoms with van der Waals surface area (Å²) >= 11 is 5.95. The Morgan fingerprint density at radius 3 is 2.81 bits per heavy atom. The molecule has 0 unspecified atom stereocenters. The number of aromatic hydroxyl groups is 1.